The summed E-state index contributed by atoms with van der Waals surface area (Å²) in [6.07, 6.45) is 1.70. The Morgan fingerprint density at radius 1 is 1.44 bits per heavy atom. The van der Waals surface area contributed by atoms with Crippen LogP contribution < -0.4 is 5.32 Å². The van der Waals surface area contributed by atoms with Crippen molar-refractivity contribution < 1.29 is 15.0 Å². The number of carbonyl (C=O) groups excluding carboxylic acids is 1. The second kappa shape index (κ2) is 3.87. The quantitative estimate of drug-likeness (QED) is 0.556. The van der Waals surface area contributed by atoms with Gasteiger partial charge in [-0.3, -0.25) is 4.79 Å². The van der Waals surface area contributed by atoms with Crippen molar-refractivity contribution in [2.75, 3.05) is 5.88 Å². The summed E-state index contributed by atoms with van der Waals surface area (Å²) in [6, 6.07) is 3.83. The van der Waals surface area contributed by atoms with E-state index in [4.69, 9.17) is 11.6 Å². The number of hydrogen-bond acceptors (Lipinski definition) is 3. The average Bonchev–Trinajstić information content (AvgIpc) is 3.02. The minimum atomic E-state index is -0.411. The van der Waals surface area contributed by atoms with Crippen molar-refractivity contribution in [3.8, 4) is 11.5 Å². The van der Waals surface area contributed by atoms with Crippen LogP contribution in [-0.2, 0) is 0 Å². The van der Waals surface area contributed by atoms with Crippen LogP contribution in [0.1, 0.15) is 23.2 Å². The molecule has 1 aromatic rings. The van der Waals surface area contributed by atoms with Crippen molar-refractivity contribution in [2.24, 2.45) is 0 Å². The van der Waals surface area contributed by atoms with Gasteiger partial charge in [0.1, 0.15) is 11.5 Å². The standard InChI is InChI=1S/C11H12ClNO3/c12-6-11(3-4-11)13-10(16)8-5-7(14)1-2-9(8)15/h1-2,5,14-15H,3-4,6H2,(H,13,16). The van der Waals surface area contributed by atoms with E-state index in [1.165, 1.54) is 18.2 Å². The molecule has 1 aromatic carbocycles. The highest BCUT2D eigenvalue weighted by Crippen LogP contribution is 2.37. The summed E-state index contributed by atoms with van der Waals surface area (Å²) < 4.78 is 0. The first kappa shape index (κ1) is 11.1. The zero-order chi connectivity index (χ0) is 11.8. The lowest BCUT2D eigenvalue weighted by Gasteiger charge is -2.14. The summed E-state index contributed by atoms with van der Waals surface area (Å²) in [4.78, 5) is 11.8. The predicted molar refractivity (Wildman–Crippen MR) is 59.9 cm³/mol. The maximum Gasteiger partial charge on any atom is 0.255 e. The number of benzene rings is 1. The highest BCUT2D eigenvalue weighted by Gasteiger charge is 2.43. The molecular weight excluding hydrogens is 230 g/mol. The van der Waals surface area contributed by atoms with E-state index in [2.05, 4.69) is 5.32 Å². The van der Waals surface area contributed by atoms with Crippen molar-refractivity contribution in [3.05, 3.63) is 23.8 Å². The zero-order valence-electron chi connectivity index (χ0n) is 8.53. The summed E-state index contributed by atoms with van der Waals surface area (Å²) in [5.74, 6) is -0.260. The van der Waals surface area contributed by atoms with Crippen LogP contribution in [0.2, 0.25) is 0 Å². The molecule has 0 aromatic heterocycles. The number of phenols is 2. The molecule has 0 saturated heterocycles. The largest absolute Gasteiger partial charge is 0.508 e. The maximum atomic E-state index is 11.8. The van der Waals surface area contributed by atoms with Gasteiger partial charge in [0, 0.05) is 5.88 Å². The summed E-state index contributed by atoms with van der Waals surface area (Å²) in [6.45, 7) is 0. The molecule has 0 bridgehead atoms. The molecule has 2 rings (SSSR count). The highest BCUT2D eigenvalue weighted by molar-refractivity contribution is 6.19. The number of carbonyl (C=O) groups is 1. The maximum absolute atomic E-state index is 11.8. The topological polar surface area (TPSA) is 69.6 Å². The Morgan fingerprint density at radius 2 is 2.12 bits per heavy atom. The Hall–Kier alpha value is -1.42. The van der Waals surface area contributed by atoms with Gasteiger partial charge < -0.3 is 15.5 Å². The first-order valence-electron chi connectivity index (χ1n) is 4.97. The molecule has 4 nitrogen and oxygen atoms in total. The van der Waals surface area contributed by atoms with E-state index >= 15 is 0 Å². The van der Waals surface area contributed by atoms with Crippen LogP contribution in [-0.4, -0.2) is 27.5 Å². The molecule has 0 aliphatic heterocycles. The van der Waals surface area contributed by atoms with Gasteiger partial charge >= 0.3 is 0 Å². The van der Waals surface area contributed by atoms with Crippen LogP contribution in [0, 0.1) is 0 Å². The second-order valence-electron chi connectivity index (χ2n) is 4.07. The third-order valence-corrected chi connectivity index (χ3v) is 3.22. The number of alkyl halides is 1. The number of nitrogens with one attached hydrogen (secondary N) is 1. The van der Waals surface area contributed by atoms with Crippen LogP contribution in [0.15, 0.2) is 18.2 Å². The van der Waals surface area contributed by atoms with E-state index in [1.807, 2.05) is 0 Å². The first-order valence-corrected chi connectivity index (χ1v) is 5.50. The van der Waals surface area contributed by atoms with Crippen molar-refractivity contribution in [1.29, 1.82) is 0 Å². The summed E-state index contributed by atoms with van der Waals surface area (Å²) in [7, 11) is 0. The van der Waals surface area contributed by atoms with Crippen molar-refractivity contribution in [2.45, 2.75) is 18.4 Å². The first-order chi connectivity index (χ1) is 7.56. The number of halogens is 1. The molecule has 0 radical (unpaired) electrons. The van der Waals surface area contributed by atoms with Crippen LogP contribution >= 0.6 is 11.6 Å². The highest BCUT2D eigenvalue weighted by atomic mass is 35.5. The van der Waals surface area contributed by atoms with Gasteiger partial charge in [-0.1, -0.05) is 0 Å². The molecule has 3 N–H and O–H groups in total. The fourth-order valence-electron chi connectivity index (χ4n) is 1.46. The Balaban J connectivity index is 2.17. The van der Waals surface area contributed by atoms with Gasteiger partial charge in [0.05, 0.1) is 11.1 Å². The number of amides is 1. The lowest BCUT2D eigenvalue weighted by Crippen LogP contribution is -2.38. The normalized spacial score (nSPS) is 16.8. The van der Waals surface area contributed by atoms with Gasteiger partial charge in [0.2, 0.25) is 0 Å². The molecule has 1 aliphatic carbocycles. The lowest BCUT2D eigenvalue weighted by molar-refractivity contribution is 0.0933. The van der Waals surface area contributed by atoms with Crippen molar-refractivity contribution in [3.63, 3.8) is 0 Å². The monoisotopic (exact) mass is 241 g/mol. The van der Waals surface area contributed by atoms with Gasteiger partial charge in [0.25, 0.3) is 5.91 Å². The smallest absolute Gasteiger partial charge is 0.255 e. The minimum Gasteiger partial charge on any atom is -0.508 e. The molecule has 16 heavy (non-hydrogen) atoms. The predicted octanol–water partition coefficient (Wildman–Crippen LogP) is 1.60. The van der Waals surface area contributed by atoms with E-state index in [9.17, 15) is 15.0 Å². The van der Waals surface area contributed by atoms with Gasteiger partial charge in [-0.2, -0.15) is 0 Å². The molecule has 5 heteroatoms. The van der Waals surface area contributed by atoms with E-state index < -0.39 is 5.91 Å². The summed E-state index contributed by atoms with van der Waals surface area (Å²) in [5.41, 5.74) is -0.257. The fraction of sp³-hybridized carbons (Fsp3) is 0.364. The van der Waals surface area contributed by atoms with Crippen LogP contribution in [0.5, 0.6) is 11.5 Å². The Bertz CT molecular complexity index is 429. The fourth-order valence-corrected chi connectivity index (χ4v) is 1.79. The van der Waals surface area contributed by atoms with Crippen LogP contribution in [0.25, 0.3) is 0 Å². The molecule has 1 saturated carbocycles. The van der Waals surface area contributed by atoms with Gasteiger partial charge in [-0.05, 0) is 31.0 Å². The molecule has 0 heterocycles. The number of phenolic OH excluding ortho intramolecular Hbond substituents is 2. The SMILES string of the molecule is O=C(NC1(CCl)CC1)c1cc(O)ccc1O. The van der Waals surface area contributed by atoms with E-state index in [-0.39, 0.29) is 22.6 Å². The zero-order valence-corrected chi connectivity index (χ0v) is 9.29. The van der Waals surface area contributed by atoms with E-state index in [0.717, 1.165) is 12.8 Å². The van der Waals surface area contributed by atoms with Crippen molar-refractivity contribution >= 4 is 17.5 Å². The molecule has 0 spiro atoms. The molecule has 1 aliphatic rings. The van der Waals surface area contributed by atoms with Crippen LogP contribution in [0.3, 0.4) is 0 Å². The Kier molecular flexibility index (Phi) is 2.68. The molecule has 0 atom stereocenters. The Morgan fingerprint density at radius 3 is 2.69 bits per heavy atom. The molecule has 1 fully saturated rings. The second-order valence-corrected chi connectivity index (χ2v) is 4.34. The number of rotatable bonds is 3. The molecule has 1 amide bonds. The van der Waals surface area contributed by atoms with Gasteiger partial charge in [-0.15, -0.1) is 11.6 Å². The van der Waals surface area contributed by atoms with Crippen LogP contribution in [0.4, 0.5) is 0 Å². The van der Waals surface area contributed by atoms with Crippen molar-refractivity contribution in [1.82, 2.24) is 5.32 Å². The lowest BCUT2D eigenvalue weighted by atomic mass is 10.1. The minimum absolute atomic E-state index is 0.0568. The number of aromatic hydroxyl groups is 2. The van der Waals surface area contributed by atoms with Gasteiger partial charge in [-0.25, -0.2) is 0 Å². The molecule has 0 unspecified atom stereocenters. The molecule has 86 valence electrons. The van der Waals surface area contributed by atoms with E-state index in [1.54, 1.807) is 0 Å². The summed E-state index contributed by atoms with van der Waals surface area (Å²) >= 11 is 5.73. The summed E-state index contributed by atoms with van der Waals surface area (Å²) in [5, 5.41) is 21.5. The third kappa shape index (κ3) is 2.07. The third-order valence-electron chi connectivity index (χ3n) is 2.71. The average molecular weight is 242 g/mol. The number of hydrogen-bond donors (Lipinski definition) is 3. The Labute approximate surface area is 97.9 Å². The molecular formula is C11H12ClNO3. The van der Waals surface area contributed by atoms with E-state index in [0.29, 0.717) is 5.88 Å². The van der Waals surface area contributed by atoms with Gasteiger partial charge in [0.15, 0.2) is 0 Å².